The van der Waals surface area contributed by atoms with Gasteiger partial charge in [-0.05, 0) is 48.7 Å². The van der Waals surface area contributed by atoms with Gasteiger partial charge < -0.3 is 14.8 Å². The number of rotatable bonds is 4. The summed E-state index contributed by atoms with van der Waals surface area (Å²) in [4.78, 5) is 2.46. The maximum atomic E-state index is 3.46. The molecule has 0 unspecified atom stereocenters. The molecule has 0 aliphatic carbocycles. The lowest BCUT2D eigenvalue weighted by Crippen LogP contribution is -2.17. The Morgan fingerprint density at radius 1 is 1.05 bits per heavy atom. The van der Waals surface area contributed by atoms with E-state index in [1.165, 1.54) is 42.9 Å². The van der Waals surface area contributed by atoms with Gasteiger partial charge in [0, 0.05) is 50.5 Å². The molecular formula is C16H21N3. The molecule has 100 valence electrons. The van der Waals surface area contributed by atoms with Gasteiger partial charge in [-0.3, -0.25) is 0 Å². The summed E-state index contributed by atoms with van der Waals surface area (Å²) in [6, 6.07) is 10.9. The summed E-state index contributed by atoms with van der Waals surface area (Å²) in [5.41, 5.74) is 3.85. The van der Waals surface area contributed by atoms with Gasteiger partial charge in [-0.1, -0.05) is 0 Å². The number of nitrogens with zero attached hydrogens (tertiary/aromatic N) is 2. The van der Waals surface area contributed by atoms with Crippen molar-refractivity contribution in [3.05, 3.63) is 48.3 Å². The molecular weight excluding hydrogens is 234 g/mol. The van der Waals surface area contributed by atoms with Crippen LogP contribution in [0.5, 0.6) is 0 Å². The average Bonchev–Trinajstić information content (AvgIpc) is 3.08. The van der Waals surface area contributed by atoms with E-state index in [9.17, 15) is 0 Å². The molecule has 0 bridgehead atoms. The van der Waals surface area contributed by atoms with Crippen molar-refractivity contribution in [1.82, 2.24) is 4.57 Å². The Morgan fingerprint density at radius 2 is 1.79 bits per heavy atom. The Labute approximate surface area is 114 Å². The van der Waals surface area contributed by atoms with Crippen molar-refractivity contribution in [2.24, 2.45) is 7.05 Å². The van der Waals surface area contributed by atoms with E-state index in [2.05, 4.69) is 57.5 Å². The van der Waals surface area contributed by atoms with Crippen LogP contribution in [0.1, 0.15) is 18.4 Å². The number of hydrogen-bond acceptors (Lipinski definition) is 2. The maximum Gasteiger partial charge on any atom is 0.0415 e. The molecule has 1 N–H and O–H groups in total. The van der Waals surface area contributed by atoms with Gasteiger partial charge in [-0.2, -0.15) is 0 Å². The van der Waals surface area contributed by atoms with Crippen molar-refractivity contribution in [3.8, 4) is 0 Å². The lowest BCUT2D eigenvalue weighted by molar-refractivity contribution is 0.920. The highest BCUT2D eigenvalue weighted by Crippen LogP contribution is 2.22. The lowest BCUT2D eigenvalue weighted by atomic mass is 10.2. The fourth-order valence-corrected chi connectivity index (χ4v) is 2.64. The van der Waals surface area contributed by atoms with Crippen LogP contribution in [-0.4, -0.2) is 17.7 Å². The summed E-state index contributed by atoms with van der Waals surface area (Å²) in [5, 5.41) is 3.46. The van der Waals surface area contributed by atoms with Gasteiger partial charge in [-0.25, -0.2) is 0 Å². The van der Waals surface area contributed by atoms with E-state index < -0.39 is 0 Å². The van der Waals surface area contributed by atoms with E-state index in [0.717, 1.165) is 6.54 Å². The van der Waals surface area contributed by atoms with E-state index in [1.54, 1.807) is 0 Å². The van der Waals surface area contributed by atoms with Crippen LogP contribution in [0.3, 0.4) is 0 Å². The highest BCUT2D eigenvalue weighted by atomic mass is 15.1. The molecule has 1 aromatic heterocycles. The van der Waals surface area contributed by atoms with E-state index in [0.29, 0.717) is 0 Å². The van der Waals surface area contributed by atoms with E-state index >= 15 is 0 Å². The number of hydrogen-bond donors (Lipinski definition) is 1. The zero-order valence-corrected chi connectivity index (χ0v) is 11.5. The van der Waals surface area contributed by atoms with Crippen LogP contribution < -0.4 is 10.2 Å². The molecule has 1 fully saturated rings. The molecule has 0 spiro atoms. The molecule has 3 nitrogen and oxygen atoms in total. The minimum absolute atomic E-state index is 0.879. The lowest BCUT2D eigenvalue weighted by Gasteiger charge is -2.17. The Kier molecular flexibility index (Phi) is 3.45. The van der Waals surface area contributed by atoms with Crippen molar-refractivity contribution in [1.29, 1.82) is 0 Å². The summed E-state index contributed by atoms with van der Waals surface area (Å²) in [5.74, 6) is 0. The normalized spacial score (nSPS) is 14.9. The smallest absolute Gasteiger partial charge is 0.0415 e. The van der Waals surface area contributed by atoms with E-state index in [-0.39, 0.29) is 0 Å². The van der Waals surface area contributed by atoms with Crippen LogP contribution in [0.2, 0.25) is 0 Å². The predicted molar refractivity (Wildman–Crippen MR) is 80.6 cm³/mol. The third kappa shape index (κ3) is 2.92. The first-order valence-electron chi connectivity index (χ1n) is 7.01. The first kappa shape index (κ1) is 12.2. The van der Waals surface area contributed by atoms with Crippen molar-refractivity contribution in [3.63, 3.8) is 0 Å². The van der Waals surface area contributed by atoms with Gasteiger partial charge in [0.05, 0.1) is 0 Å². The Balaban J connectivity index is 1.59. The van der Waals surface area contributed by atoms with E-state index in [4.69, 9.17) is 0 Å². The van der Waals surface area contributed by atoms with Crippen LogP contribution in [-0.2, 0) is 13.6 Å². The molecule has 1 aromatic carbocycles. The largest absolute Gasteiger partial charge is 0.381 e. The molecule has 1 aliphatic heterocycles. The van der Waals surface area contributed by atoms with Gasteiger partial charge in [0.2, 0.25) is 0 Å². The second-order valence-electron chi connectivity index (χ2n) is 5.28. The average molecular weight is 255 g/mol. The molecule has 1 saturated heterocycles. The fourth-order valence-electron chi connectivity index (χ4n) is 2.64. The third-order valence-electron chi connectivity index (χ3n) is 3.73. The molecule has 2 aromatic rings. The van der Waals surface area contributed by atoms with Crippen molar-refractivity contribution in [2.45, 2.75) is 19.4 Å². The number of nitrogens with one attached hydrogen (secondary N) is 1. The van der Waals surface area contributed by atoms with Crippen molar-refractivity contribution in [2.75, 3.05) is 23.3 Å². The number of aromatic nitrogens is 1. The topological polar surface area (TPSA) is 20.2 Å². The monoisotopic (exact) mass is 255 g/mol. The molecule has 19 heavy (non-hydrogen) atoms. The Bertz CT molecular complexity index is 521. The molecule has 0 atom stereocenters. The predicted octanol–water partition coefficient (Wildman–Crippen LogP) is 3.24. The van der Waals surface area contributed by atoms with Crippen LogP contribution >= 0.6 is 0 Å². The summed E-state index contributed by atoms with van der Waals surface area (Å²) in [7, 11) is 2.05. The minimum Gasteiger partial charge on any atom is -0.381 e. The van der Waals surface area contributed by atoms with Gasteiger partial charge in [0.15, 0.2) is 0 Å². The molecule has 2 heterocycles. The summed E-state index contributed by atoms with van der Waals surface area (Å²) >= 11 is 0. The van der Waals surface area contributed by atoms with Crippen LogP contribution in [0.25, 0.3) is 0 Å². The summed E-state index contributed by atoms with van der Waals surface area (Å²) in [6.07, 6.45) is 6.88. The Morgan fingerprint density at radius 3 is 2.42 bits per heavy atom. The zero-order valence-electron chi connectivity index (χ0n) is 11.5. The maximum absolute atomic E-state index is 3.46. The number of anilines is 2. The second-order valence-corrected chi connectivity index (χ2v) is 5.28. The van der Waals surface area contributed by atoms with Crippen LogP contribution in [0, 0.1) is 0 Å². The highest BCUT2D eigenvalue weighted by Gasteiger charge is 2.11. The van der Waals surface area contributed by atoms with Crippen molar-refractivity contribution >= 4 is 11.4 Å². The molecule has 0 amide bonds. The van der Waals surface area contributed by atoms with Gasteiger partial charge in [0.1, 0.15) is 0 Å². The fraction of sp³-hybridized carbons (Fsp3) is 0.375. The first-order valence-corrected chi connectivity index (χ1v) is 7.01. The van der Waals surface area contributed by atoms with Crippen molar-refractivity contribution < 1.29 is 0 Å². The minimum atomic E-state index is 0.879. The molecule has 0 radical (unpaired) electrons. The van der Waals surface area contributed by atoms with E-state index in [1.807, 2.05) is 7.05 Å². The van der Waals surface area contributed by atoms with Crippen LogP contribution in [0.4, 0.5) is 11.4 Å². The third-order valence-corrected chi connectivity index (χ3v) is 3.73. The van der Waals surface area contributed by atoms with Crippen LogP contribution in [0.15, 0.2) is 42.7 Å². The Hall–Kier alpha value is -1.90. The number of benzene rings is 1. The molecule has 1 aliphatic rings. The quantitative estimate of drug-likeness (QED) is 0.905. The zero-order chi connectivity index (χ0) is 13.1. The standard InChI is InChI=1S/C16H21N3/c1-18-11-8-14(13-18)12-17-15-4-6-16(7-5-15)19-9-2-3-10-19/h4-8,11,13,17H,2-3,9-10,12H2,1H3. The summed E-state index contributed by atoms with van der Waals surface area (Å²) in [6.45, 7) is 3.29. The highest BCUT2D eigenvalue weighted by molar-refractivity contribution is 5.55. The first-order chi connectivity index (χ1) is 9.31. The van der Waals surface area contributed by atoms with Gasteiger partial charge in [0.25, 0.3) is 0 Å². The summed E-state index contributed by atoms with van der Waals surface area (Å²) < 4.78 is 2.08. The van der Waals surface area contributed by atoms with Gasteiger partial charge >= 0.3 is 0 Å². The molecule has 3 rings (SSSR count). The molecule has 0 saturated carbocycles. The SMILES string of the molecule is Cn1ccc(CNc2ccc(N3CCCC3)cc2)c1. The second kappa shape index (κ2) is 5.39. The molecule has 3 heteroatoms. The van der Waals surface area contributed by atoms with Gasteiger partial charge in [-0.15, -0.1) is 0 Å². The number of aryl methyl sites for hydroxylation is 1.